The van der Waals surface area contributed by atoms with E-state index in [4.69, 9.17) is 10.5 Å². The average Bonchev–Trinajstić information content (AvgIpc) is 2.60. The number of nitrogens with two attached hydrogens (primary N) is 1. The van der Waals surface area contributed by atoms with Crippen molar-refractivity contribution in [3.05, 3.63) is 59.2 Å². The van der Waals surface area contributed by atoms with E-state index >= 15 is 0 Å². The van der Waals surface area contributed by atoms with Crippen LogP contribution in [-0.2, 0) is 6.42 Å². The van der Waals surface area contributed by atoms with Crippen molar-refractivity contribution < 1.29 is 9.53 Å². The highest BCUT2D eigenvalue weighted by Crippen LogP contribution is 2.29. The molecule has 0 bridgehead atoms. The van der Waals surface area contributed by atoms with Crippen LogP contribution in [0.2, 0.25) is 0 Å². The Labute approximate surface area is 150 Å². The van der Waals surface area contributed by atoms with E-state index in [9.17, 15) is 4.79 Å². The summed E-state index contributed by atoms with van der Waals surface area (Å²) in [7, 11) is 1.98. The van der Waals surface area contributed by atoms with Gasteiger partial charge in [-0.15, -0.1) is 0 Å². The van der Waals surface area contributed by atoms with Gasteiger partial charge in [0.15, 0.2) is 0 Å². The van der Waals surface area contributed by atoms with E-state index in [-0.39, 0.29) is 0 Å². The maximum Gasteiger partial charge on any atom is 0.248 e. The fraction of sp³-hybridized carbons (Fsp3) is 0.381. The topological polar surface area (TPSA) is 55.6 Å². The van der Waals surface area contributed by atoms with E-state index < -0.39 is 5.91 Å². The Morgan fingerprint density at radius 1 is 1.16 bits per heavy atom. The molecule has 2 N–H and O–H groups in total. The number of aryl methyl sites for hydroxylation is 2. The molecule has 4 nitrogen and oxygen atoms in total. The van der Waals surface area contributed by atoms with Gasteiger partial charge < -0.3 is 15.4 Å². The molecule has 0 saturated heterocycles. The molecule has 0 atom stereocenters. The second kappa shape index (κ2) is 9.11. The summed E-state index contributed by atoms with van der Waals surface area (Å²) in [6, 6.07) is 14.0. The molecule has 2 rings (SSSR count). The van der Waals surface area contributed by atoms with Crippen molar-refractivity contribution in [2.24, 2.45) is 5.73 Å². The number of anilines is 1. The third-order valence-electron chi connectivity index (χ3n) is 4.33. The minimum Gasteiger partial charge on any atom is -0.491 e. The third-order valence-corrected chi connectivity index (χ3v) is 4.33. The fourth-order valence-corrected chi connectivity index (χ4v) is 2.74. The Bertz CT molecular complexity index is 713. The number of unbranched alkanes of at least 4 members (excludes halogenated alkanes) is 1. The van der Waals surface area contributed by atoms with Gasteiger partial charge >= 0.3 is 0 Å². The van der Waals surface area contributed by atoms with Crippen LogP contribution in [0, 0.1) is 6.92 Å². The van der Waals surface area contributed by atoms with Crippen molar-refractivity contribution >= 4 is 11.6 Å². The van der Waals surface area contributed by atoms with Crippen molar-refractivity contribution in [3.8, 4) is 5.75 Å². The van der Waals surface area contributed by atoms with Crippen LogP contribution in [0.3, 0.4) is 0 Å². The summed E-state index contributed by atoms with van der Waals surface area (Å²) in [4.78, 5) is 13.4. The molecule has 4 heteroatoms. The lowest BCUT2D eigenvalue weighted by atomic mass is 10.1. The summed E-state index contributed by atoms with van der Waals surface area (Å²) < 4.78 is 5.96. The number of amides is 1. The van der Waals surface area contributed by atoms with E-state index in [2.05, 4.69) is 43.0 Å². The van der Waals surface area contributed by atoms with Crippen LogP contribution in [0.4, 0.5) is 5.69 Å². The molecule has 0 aliphatic carbocycles. The van der Waals surface area contributed by atoms with Crippen molar-refractivity contribution in [2.45, 2.75) is 33.1 Å². The first-order valence-corrected chi connectivity index (χ1v) is 8.84. The maximum atomic E-state index is 11.4. The highest BCUT2D eigenvalue weighted by Gasteiger charge is 2.11. The van der Waals surface area contributed by atoms with Crippen LogP contribution < -0.4 is 15.4 Å². The Morgan fingerprint density at radius 3 is 2.64 bits per heavy atom. The molecule has 0 aliphatic heterocycles. The number of hydrogen-bond acceptors (Lipinski definition) is 3. The van der Waals surface area contributed by atoms with Gasteiger partial charge in [-0.05, 0) is 56.9 Å². The standard InChI is InChI=1S/C21H28N2O2/c1-4-23(3)19-15-18(21(22)24)11-12-20(19)25-13-6-5-9-17-10-7-8-16(2)14-17/h7-8,10-12,14-15H,4-6,9,13H2,1-3H3,(H2,22,24). The molecule has 0 radical (unpaired) electrons. The van der Waals surface area contributed by atoms with Gasteiger partial charge in [0.05, 0.1) is 12.3 Å². The van der Waals surface area contributed by atoms with Gasteiger partial charge in [0.1, 0.15) is 5.75 Å². The second-order valence-corrected chi connectivity index (χ2v) is 6.36. The summed E-state index contributed by atoms with van der Waals surface area (Å²) in [6.07, 6.45) is 3.13. The zero-order valence-corrected chi connectivity index (χ0v) is 15.4. The van der Waals surface area contributed by atoms with E-state index in [1.54, 1.807) is 12.1 Å². The molecule has 0 spiro atoms. The summed E-state index contributed by atoms with van der Waals surface area (Å²) in [5.41, 5.74) is 9.46. The van der Waals surface area contributed by atoms with Crippen molar-refractivity contribution in [1.82, 2.24) is 0 Å². The monoisotopic (exact) mass is 340 g/mol. The lowest BCUT2D eigenvalue weighted by Gasteiger charge is -2.21. The number of benzene rings is 2. The van der Waals surface area contributed by atoms with Crippen LogP contribution in [-0.4, -0.2) is 26.1 Å². The second-order valence-electron chi connectivity index (χ2n) is 6.36. The van der Waals surface area contributed by atoms with E-state index in [1.807, 2.05) is 13.1 Å². The van der Waals surface area contributed by atoms with E-state index in [0.29, 0.717) is 12.2 Å². The van der Waals surface area contributed by atoms with Crippen LogP contribution >= 0.6 is 0 Å². The van der Waals surface area contributed by atoms with Gasteiger partial charge in [-0.25, -0.2) is 0 Å². The normalized spacial score (nSPS) is 10.5. The first-order chi connectivity index (χ1) is 12.0. The van der Waals surface area contributed by atoms with Gasteiger partial charge in [0.2, 0.25) is 5.91 Å². The molecular formula is C21H28N2O2. The number of ether oxygens (including phenoxy) is 1. The van der Waals surface area contributed by atoms with Gasteiger partial charge in [0.25, 0.3) is 0 Å². The Hall–Kier alpha value is -2.49. The molecule has 0 aromatic heterocycles. The summed E-state index contributed by atoms with van der Waals surface area (Å²) >= 11 is 0. The predicted octanol–water partition coefficient (Wildman–Crippen LogP) is 3.95. The van der Waals surface area contributed by atoms with Gasteiger partial charge in [0, 0.05) is 19.2 Å². The zero-order chi connectivity index (χ0) is 18.2. The number of carbonyl (C=O) groups excluding carboxylic acids is 1. The average molecular weight is 340 g/mol. The van der Waals surface area contributed by atoms with Gasteiger partial charge in [-0.1, -0.05) is 29.8 Å². The van der Waals surface area contributed by atoms with Gasteiger partial charge in [-0.3, -0.25) is 4.79 Å². The first-order valence-electron chi connectivity index (χ1n) is 8.84. The van der Waals surface area contributed by atoms with E-state index in [1.165, 1.54) is 11.1 Å². The minimum atomic E-state index is -0.421. The lowest BCUT2D eigenvalue weighted by molar-refractivity contribution is 0.100. The minimum absolute atomic E-state index is 0.421. The maximum absolute atomic E-state index is 11.4. The number of primary amides is 1. The van der Waals surface area contributed by atoms with Crippen molar-refractivity contribution in [2.75, 3.05) is 25.1 Å². The smallest absolute Gasteiger partial charge is 0.248 e. The Morgan fingerprint density at radius 2 is 1.96 bits per heavy atom. The summed E-state index contributed by atoms with van der Waals surface area (Å²) in [5.74, 6) is 0.375. The summed E-state index contributed by atoms with van der Waals surface area (Å²) in [6.45, 7) is 5.66. The number of nitrogens with zero attached hydrogens (tertiary/aromatic N) is 1. The Kier molecular flexibility index (Phi) is 6.87. The number of carbonyl (C=O) groups is 1. The molecule has 0 fully saturated rings. The predicted molar refractivity (Wildman–Crippen MR) is 104 cm³/mol. The zero-order valence-electron chi connectivity index (χ0n) is 15.4. The molecule has 2 aromatic carbocycles. The highest BCUT2D eigenvalue weighted by atomic mass is 16.5. The van der Waals surface area contributed by atoms with Crippen molar-refractivity contribution in [3.63, 3.8) is 0 Å². The molecule has 25 heavy (non-hydrogen) atoms. The lowest BCUT2D eigenvalue weighted by Crippen LogP contribution is -2.19. The van der Waals surface area contributed by atoms with Crippen LogP contribution in [0.25, 0.3) is 0 Å². The number of rotatable bonds is 9. The van der Waals surface area contributed by atoms with Crippen LogP contribution in [0.1, 0.15) is 41.3 Å². The molecular weight excluding hydrogens is 312 g/mol. The highest BCUT2D eigenvalue weighted by molar-refractivity contribution is 5.94. The molecule has 0 saturated carbocycles. The molecule has 0 aliphatic rings. The van der Waals surface area contributed by atoms with Crippen LogP contribution in [0.5, 0.6) is 5.75 Å². The largest absolute Gasteiger partial charge is 0.491 e. The van der Waals surface area contributed by atoms with E-state index in [0.717, 1.165) is 37.2 Å². The molecule has 0 unspecified atom stereocenters. The van der Waals surface area contributed by atoms with Crippen LogP contribution in [0.15, 0.2) is 42.5 Å². The molecule has 0 heterocycles. The Balaban J connectivity index is 1.90. The summed E-state index contributed by atoms with van der Waals surface area (Å²) in [5, 5.41) is 0. The molecule has 134 valence electrons. The number of hydrogen-bond donors (Lipinski definition) is 1. The molecule has 1 amide bonds. The van der Waals surface area contributed by atoms with Crippen molar-refractivity contribution in [1.29, 1.82) is 0 Å². The van der Waals surface area contributed by atoms with Gasteiger partial charge in [-0.2, -0.15) is 0 Å². The SMILES string of the molecule is CCN(C)c1cc(C(N)=O)ccc1OCCCCc1cccc(C)c1. The first kappa shape index (κ1) is 18.8. The third kappa shape index (κ3) is 5.52. The molecule has 2 aromatic rings. The quantitative estimate of drug-likeness (QED) is 0.703. The fourth-order valence-electron chi connectivity index (χ4n) is 2.74.